The Morgan fingerprint density at radius 2 is 2.11 bits per heavy atom. The zero-order chi connectivity index (χ0) is 7.28. The molecular formula is C5H4B2NO. The van der Waals surface area contributed by atoms with Crippen molar-refractivity contribution in [3.05, 3.63) is 12.2 Å². The molecule has 1 N–H and O–H groups in total. The molecule has 0 fully saturated rings. The molecule has 0 rings (SSSR count). The Bertz CT molecular complexity index is 174. The fraction of sp³-hybridized carbons (Fsp3) is 0. The van der Waals surface area contributed by atoms with Crippen molar-refractivity contribution < 1.29 is 4.79 Å². The monoisotopic (exact) mass is 116 g/mol. The first-order valence-corrected chi connectivity index (χ1v) is 2.27. The second-order valence-electron chi connectivity index (χ2n) is 1.36. The molecule has 0 saturated carbocycles. The van der Waals surface area contributed by atoms with E-state index in [1.807, 2.05) is 0 Å². The molecule has 0 spiro atoms. The zero-order valence-corrected chi connectivity index (χ0v) is 4.79. The number of nitrogens with one attached hydrogen (secondary N) is 1. The number of hydrogen-bond acceptors (Lipinski definition) is 2. The van der Waals surface area contributed by atoms with Crippen LogP contribution in [0.25, 0.3) is 0 Å². The summed E-state index contributed by atoms with van der Waals surface area (Å²) in [6.45, 7) is 0. The number of carbonyl (C=O) groups excluding carboxylic acids is 1. The van der Waals surface area contributed by atoms with Gasteiger partial charge < -0.3 is 0 Å². The molecule has 4 heteroatoms. The van der Waals surface area contributed by atoms with Crippen LogP contribution in [0.3, 0.4) is 0 Å². The molecule has 41 valence electrons. The Balaban J connectivity index is 3.92. The van der Waals surface area contributed by atoms with Crippen molar-refractivity contribution in [2.75, 3.05) is 0 Å². The molecule has 3 radical (unpaired) electrons. The molecule has 0 heterocycles. The fourth-order valence-corrected chi connectivity index (χ4v) is 0.232. The predicted octanol–water partition coefficient (Wildman–Crippen LogP) is -0.772. The van der Waals surface area contributed by atoms with Crippen molar-refractivity contribution in [1.82, 2.24) is 0 Å². The maximum atomic E-state index is 9.66. The first-order chi connectivity index (χ1) is 4.18. The summed E-state index contributed by atoms with van der Waals surface area (Å²) in [5.41, 5.74) is -0.0397. The van der Waals surface area contributed by atoms with Crippen LogP contribution in [-0.2, 0) is 4.79 Å². The second kappa shape index (κ2) is 4.01. The maximum absolute atomic E-state index is 9.66. The Hall–Kier alpha value is -0.920. The van der Waals surface area contributed by atoms with Crippen LogP contribution >= 0.6 is 0 Å². The van der Waals surface area contributed by atoms with E-state index in [1.54, 1.807) is 0 Å². The summed E-state index contributed by atoms with van der Waals surface area (Å²) in [6, 6.07) is 0. The van der Waals surface area contributed by atoms with E-state index in [-0.39, 0.29) is 11.1 Å². The summed E-state index contributed by atoms with van der Waals surface area (Å²) in [5.74, 6) is 0. The van der Waals surface area contributed by atoms with Gasteiger partial charge in [0.25, 0.3) is 0 Å². The van der Waals surface area contributed by atoms with Crippen LogP contribution in [0.15, 0.2) is 12.2 Å². The van der Waals surface area contributed by atoms with Crippen molar-refractivity contribution in [3.8, 4) is 0 Å². The number of aldehydes is 1. The van der Waals surface area contributed by atoms with Gasteiger partial charge in [-0.1, -0.05) is 0 Å². The Labute approximate surface area is 55.9 Å². The summed E-state index contributed by atoms with van der Waals surface area (Å²) >= 11 is 0. The molecule has 0 aliphatic rings. The third kappa shape index (κ3) is 3.64. The minimum atomic E-state index is -0.0897. The van der Waals surface area contributed by atoms with Crippen molar-refractivity contribution in [2.45, 2.75) is 0 Å². The molecule has 9 heavy (non-hydrogen) atoms. The van der Waals surface area contributed by atoms with Crippen LogP contribution in [0.5, 0.6) is 0 Å². The Kier molecular flexibility index (Phi) is 3.60. The van der Waals surface area contributed by atoms with Gasteiger partial charge in [0.1, 0.15) is 0 Å². The van der Waals surface area contributed by atoms with Gasteiger partial charge in [-0.05, 0) is 0 Å². The molecule has 2 nitrogen and oxygen atoms in total. The molecule has 0 aliphatic carbocycles. The molecular weight excluding hydrogens is 112 g/mol. The second-order valence-corrected chi connectivity index (χ2v) is 1.36. The van der Waals surface area contributed by atoms with E-state index in [0.717, 1.165) is 6.08 Å². The molecule has 0 bridgehead atoms. The third-order valence-corrected chi connectivity index (χ3v) is 0.652. The van der Waals surface area contributed by atoms with Gasteiger partial charge in [0.2, 0.25) is 0 Å². The summed E-state index contributed by atoms with van der Waals surface area (Å²) in [4.78, 5) is 9.66. The topological polar surface area (TPSA) is 40.9 Å². The van der Waals surface area contributed by atoms with E-state index in [9.17, 15) is 4.79 Å². The first-order valence-electron chi connectivity index (χ1n) is 2.27. The Morgan fingerprint density at radius 3 is 2.44 bits per heavy atom. The van der Waals surface area contributed by atoms with Crippen LogP contribution < -0.4 is 0 Å². The van der Waals surface area contributed by atoms with Crippen LogP contribution in [0.4, 0.5) is 0 Å². The van der Waals surface area contributed by atoms with Gasteiger partial charge in [0.05, 0.1) is 0 Å². The predicted molar refractivity (Wildman–Crippen MR) is 39.4 cm³/mol. The number of hydrogen-bond donors (Lipinski definition) is 1. The van der Waals surface area contributed by atoms with E-state index in [0.29, 0.717) is 6.29 Å². The standard InChI is InChI=1S/C5H4B2NO/c6-5(7)4(8)2-1-3-9/h1-3,8H. The molecule has 0 amide bonds. The van der Waals surface area contributed by atoms with Gasteiger partial charge in [0.15, 0.2) is 0 Å². The van der Waals surface area contributed by atoms with Crippen molar-refractivity contribution in [1.29, 1.82) is 5.41 Å². The van der Waals surface area contributed by atoms with Gasteiger partial charge in [-0.2, -0.15) is 0 Å². The van der Waals surface area contributed by atoms with Crippen LogP contribution in [-0.4, -0.2) is 32.7 Å². The van der Waals surface area contributed by atoms with E-state index in [4.69, 9.17) is 20.7 Å². The molecule has 0 unspecified atom stereocenters. The van der Waals surface area contributed by atoms with E-state index in [2.05, 4.69) is 0 Å². The van der Waals surface area contributed by atoms with Crippen LogP contribution in [0, 0.1) is 5.41 Å². The van der Waals surface area contributed by atoms with Gasteiger partial charge in [-0.3, -0.25) is 0 Å². The minimum absolute atomic E-state index is 0.0397. The summed E-state index contributed by atoms with van der Waals surface area (Å²) in [5, 5.41) is 6.82. The molecule has 0 aromatic heterocycles. The summed E-state index contributed by atoms with van der Waals surface area (Å²) < 4.78 is 0. The summed E-state index contributed by atoms with van der Waals surface area (Å²) in [6.07, 6.45) is 2.93. The summed E-state index contributed by atoms with van der Waals surface area (Å²) in [7, 11) is 9.96. The number of carbonyl (C=O) groups is 1. The molecule has 0 aliphatic heterocycles. The third-order valence-electron chi connectivity index (χ3n) is 0.652. The number of allylic oxidation sites excluding steroid dienone is 2. The average molecular weight is 116 g/mol. The molecule has 0 aromatic rings. The van der Waals surface area contributed by atoms with Crippen molar-refractivity contribution in [2.24, 2.45) is 0 Å². The fourth-order valence-electron chi connectivity index (χ4n) is 0.232. The number of rotatable bonds is 3. The first kappa shape index (κ1) is 8.08. The van der Waals surface area contributed by atoms with Gasteiger partial charge in [-0.15, -0.1) is 0 Å². The van der Waals surface area contributed by atoms with Crippen molar-refractivity contribution >= 4 is 32.7 Å². The van der Waals surface area contributed by atoms with Crippen LogP contribution in [0.2, 0.25) is 0 Å². The SMILES string of the molecule is [B]C(=[B])C(=N)C=CC=O. The van der Waals surface area contributed by atoms with Crippen LogP contribution in [0.1, 0.15) is 0 Å². The zero-order valence-electron chi connectivity index (χ0n) is 4.79. The van der Waals surface area contributed by atoms with Gasteiger partial charge in [0, 0.05) is 0 Å². The molecule has 0 atom stereocenters. The molecule has 0 aromatic carbocycles. The van der Waals surface area contributed by atoms with E-state index in [1.165, 1.54) is 6.08 Å². The normalized spacial score (nSPS) is 9.22. The quantitative estimate of drug-likeness (QED) is 0.223. The van der Waals surface area contributed by atoms with Gasteiger partial charge >= 0.3 is 55.1 Å². The van der Waals surface area contributed by atoms with Gasteiger partial charge in [-0.25, -0.2) is 0 Å². The van der Waals surface area contributed by atoms with E-state index >= 15 is 0 Å². The van der Waals surface area contributed by atoms with E-state index < -0.39 is 0 Å². The molecule has 0 saturated heterocycles. The average Bonchev–Trinajstić information content (AvgIpc) is 1.82. The Morgan fingerprint density at radius 1 is 1.56 bits per heavy atom. The van der Waals surface area contributed by atoms with Crippen molar-refractivity contribution in [3.63, 3.8) is 0 Å².